The zero-order valence-electron chi connectivity index (χ0n) is 12.9. The summed E-state index contributed by atoms with van der Waals surface area (Å²) in [7, 11) is 0. The molecule has 1 heterocycles. The first-order valence-corrected chi connectivity index (χ1v) is 7.16. The Morgan fingerprint density at radius 1 is 1.22 bits per heavy atom. The van der Waals surface area contributed by atoms with Gasteiger partial charge in [0.1, 0.15) is 0 Å². The summed E-state index contributed by atoms with van der Waals surface area (Å²) in [5.41, 5.74) is 0.274. The molecule has 0 aromatic heterocycles. The second kappa shape index (κ2) is 5.48. The zero-order valence-corrected chi connectivity index (χ0v) is 12.9. The van der Waals surface area contributed by atoms with Crippen LogP contribution in [0.5, 0.6) is 0 Å². The molecule has 0 saturated carbocycles. The summed E-state index contributed by atoms with van der Waals surface area (Å²) in [6.07, 6.45) is 1.48. The van der Waals surface area contributed by atoms with Crippen LogP contribution in [0.25, 0.3) is 0 Å². The van der Waals surface area contributed by atoms with E-state index in [9.17, 15) is 10.2 Å². The molecule has 2 N–H and O–H groups in total. The predicted molar refractivity (Wildman–Crippen MR) is 75.5 cm³/mol. The molecule has 108 valence electrons. The molecule has 0 spiro atoms. The van der Waals surface area contributed by atoms with Gasteiger partial charge in [-0.25, -0.2) is 0 Å². The molecule has 1 saturated heterocycles. The van der Waals surface area contributed by atoms with Gasteiger partial charge in [0.2, 0.25) is 0 Å². The van der Waals surface area contributed by atoms with Crippen LogP contribution in [0.3, 0.4) is 0 Å². The van der Waals surface area contributed by atoms with Crippen molar-refractivity contribution in [1.29, 1.82) is 0 Å². The van der Waals surface area contributed by atoms with E-state index in [-0.39, 0.29) is 29.7 Å². The summed E-state index contributed by atoms with van der Waals surface area (Å²) in [5.74, 6) is 0.622. The Hall–Kier alpha value is -0.120. The molecule has 1 aliphatic rings. The fourth-order valence-electron chi connectivity index (χ4n) is 3.23. The van der Waals surface area contributed by atoms with E-state index in [1.807, 2.05) is 0 Å². The van der Waals surface area contributed by atoms with Crippen LogP contribution in [0.2, 0.25) is 0 Å². The van der Waals surface area contributed by atoms with Crippen LogP contribution in [0.1, 0.15) is 54.4 Å². The van der Waals surface area contributed by atoms with Gasteiger partial charge in [0, 0.05) is 18.1 Å². The summed E-state index contributed by atoms with van der Waals surface area (Å²) in [6.45, 7) is 14.4. The average molecular weight is 257 g/mol. The van der Waals surface area contributed by atoms with Crippen molar-refractivity contribution in [3.63, 3.8) is 0 Å². The molecule has 0 aromatic carbocycles. The number of β-amino-alcohol motifs (C(OH)–C–C–N with tert-alkyl or cyclic N) is 1. The van der Waals surface area contributed by atoms with E-state index >= 15 is 0 Å². The van der Waals surface area contributed by atoms with Crippen molar-refractivity contribution in [2.75, 3.05) is 13.2 Å². The molecule has 2 unspecified atom stereocenters. The van der Waals surface area contributed by atoms with Gasteiger partial charge in [-0.15, -0.1) is 0 Å². The lowest BCUT2D eigenvalue weighted by Gasteiger charge is -2.45. The fourth-order valence-corrected chi connectivity index (χ4v) is 3.23. The summed E-state index contributed by atoms with van der Waals surface area (Å²) in [6, 6.07) is 0.109. The Labute approximate surface area is 112 Å². The third kappa shape index (κ3) is 3.46. The second-order valence-electron chi connectivity index (χ2n) is 7.51. The van der Waals surface area contributed by atoms with E-state index in [1.165, 1.54) is 0 Å². The summed E-state index contributed by atoms with van der Waals surface area (Å²) in [5, 5.41) is 19.3. The summed E-state index contributed by atoms with van der Waals surface area (Å²) >= 11 is 0. The number of likely N-dealkylation sites (tertiary alicyclic amines) is 1. The van der Waals surface area contributed by atoms with Crippen LogP contribution < -0.4 is 0 Å². The number of rotatable bonds is 5. The molecule has 0 bridgehead atoms. The maximum atomic E-state index is 9.82. The molecule has 18 heavy (non-hydrogen) atoms. The Bertz CT molecular complexity index is 274. The average Bonchev–Trinajstić information content (AvgIpc) is 2.58. The number of aliphatic hydroxyl groups excluding tert-OH is 2. The minimum atomic E-state index is -0.288. The lowest BCUT2D eigenvalue weighted by Crippen LogP contribution is -2.51. The lowest BCUT2D eigenvalue weighted by atomic mass is 9.72. The van der Waals surface area contributed by atoms with Crippen molar-refractivity contribution >= 4 is 0 Å². The Morgan fingerprint density at radius 3 is 2.22 bits per heavy atom. The molecule has 0 aromatic rings. The molecule has 0 aliphatic carbocycles. The molecular formula is C15H31NO2. The van der Waals surface area contributed by atoms with E-state index in [4.69, 9.17) is 0 Å². The highest BCUT2D eigenvalue weighted by Crippen LogP contribution is 2.39. The molecule has 3 nitrogen and oxygen atoms in total. The summed E-state index contributed by atoms with van der Waals surface area (Å²) in [4.78, 5) is 2.29. The SMILES string of the molecule is CC(C)C(C)(C)CC(C)(C)N1CC(O)CC1CO. The number of hydrogen-bond donors (Lipinski definition) is 2. The quantitative estimate of drug-likeness (QED) is 0.794. The first-order valence-electron chi connectivity index (χ1n) is 7.16. The van der Waals surface area contributed by atoms with Crippen molar-refractivity contribution in [3.8, 4) is 0 Å². The van der Waals surface area contributed by atoms with Crippen molar-refractivity contribution in [2.24, 2.45) is 11.3 Å². The van der Waals surface area contributed by atoms with Crippen LogP contribution in [0.15, 0.2) is 0 Å². The lowest BCUT2D eigenvalue weighted by molar-refractivity contribution is 0.0217. The van der Waals surface area contributed by atoms with Crippen molar-refractivity contribution in [2.45, 2.75) is 72.1 Å². The minimum Gasteiger partial charge on any atom is -0.395 e. The molecular weight excluding hydrogens is 226 g/mol. The van der Waals surface area contributed by atoms with Gasteiger partial charge in [-0.05, 0) is 38.0 Å². The van der Waals surface area contributed by atoms with Crippen LogP contribution in [0.4, 0.5) is 0 Å². The number of aliphatic hydroxyl groups is 2. The van der Waals surface area contributed by atoms with Gasteiger partial charge < -0.3 is 10.2 Å². The summed E-state index contributed by atoms with van der Waals surface area (Å²) < 4.78 is 0. The highest BCUT2D eigenvalue weighted by molar-refractivity contribution is 4.97. The third-order valence-corrected chi connectivity index (χ3v) is 4.83. The van der Waals surface area contributed by atoms with Crippen LogP contribution in [-0.4, -0.2) is 45.9 Å². The maximum Gasteiger partial charge on any atom is 0.0683 e. The maximum absolute atomic E-state index is 9.82. The molecule has 0 radical (unpaired) electrons. The topological polar surface area (TPSA) is 43.7 Å². The monoisotopic (exact) mass is 257 g/mol. The Morgan fingerprint density at radius 2 is 1.78 bits per heavy atom. The molecule has 3 heteroatoms. The van der Waals surface area contributed by atoms with Crippen LogP contribution in [0, 0.1) is 11.3 Å². The van der Waals surface area contributed by atoms with Crippen LogP contribution in [-0.2, 0) is 0 Å². The van der Waals surface area contributed by atoms with E-state index in [1.54, 1.807) is 0 Å². The van der Waals surface area contributed by atoms with Gasteiger partial charge >= 0.3 is 0 Å². The van der Waals surface area contributed by atoms with Gasteiger partial charge in [-0.1, -0.05) is 27.7 Å². The van der Waals surface area contributed by atoms with Gasteiger partial charge in [0.15, 0.2) is 0 Å². The minimum absolute atomic E-state index is 0.0125. The van der Waals surface area contributed by atoms with Gasteiger partial charge in [0.25, 0.3) is 0 Å². The highest BCUT2D eigenvalue weighted by Gasteiger charge is 2.42. The largest absolute Gasteiger partial charge is 0.395 e. The number of hydrogen-bond acceptors (Lipinski definition) is 3. The molecule has 1 rings (SSSR count). The molecule has 1 aliphatic heterocycles. The van der Waals surface area contributed by atoms with Gasteiger partial charge in [0.05, 0.1) is 12.7 Å². The molecule has 0 amide bonds. The standard InChI is InChI=1S/C15H31NO2/c1-11(2)14(3,4)10-15(5,6)16-8-13(18)7-12(16)9-17/h11-13,17-18H,7-10H2,1-6H3. The molecule has 1 fully saturated rings. The van der Waals surface area contributed by atoms with Gasteiger partial charge in [-0.2, -0.15) is 0 Å². The third-order valence-electron chi connectivity index (χ3n) is 4.83. The van der Waals surface area contributed by atoms with Gasteiger partial charge in [-0.3, -0.25) is 4.90 Å². The smallest absolute Gasteiger partial charge is 0.0683 e. The van der Waals surface area contributed by atoms with Crippen molar-refractivity contribution < 1.29 is 10.2 Å². The first-order chi connectivity index (χ1) is 8.10. The van der Waals surface area contributed by atoms with Crippen LogP contribution >= 0.6 is 0 Å². The Kier molecular flexibility index (Phi) is 4.85. The van der Waals surface area contributed by atoms with E-state index in [0.717, 1.165) is 6.42 Å². The normalized spacial score (nSPS) is 27.2. The van der Waals surface area contributed by atoms with E-state index in [2.05, 4.69) is 46.4 Å². The molecule has 2 atom stereocenters. The predicted octanol–water partition coefficient (Wildman–Crippen LogP) is 2.26. The van der Waals surface area contributed by atoms with E-state index < -0.39 is 0 Å². The highest BCUT2D eigenvalue weighted by atomic mass is 16.3. The fraction of sp³-hybridized carbons (Fsp3) is 1.00. The first kappa shape index (κ1) is 15.9. The van der Waals surface area contributed by atoms with Crippen molar-refractivity contribution in [1.82, 2.24) is 4.90 Å². The number of nitrogens with zero attached hydrogens (tertiary/aromatic N) is 1. The van der Waals surface area contributed by atoms with Crippen molar-refractivity contribution in [3.05, 3.63) is 0 Å². The Balaban J connectivity index is 2.79. The zero-order chi connectivity index (χ0) is 14.1. The second-order valence-corrected chi connectivity index (χ2v) is 7.51. The van der Waals surface area contributed by atoms with E-state index in [0.29, 0.717) is 18.9 Å².